The zero-order valence-electron chi connectivity index (χ0n) is 13.7. The smallest absolute Gasteiger partial charge is 0.254 e. The van der Waals surface area contributed by atoms with Crippen LogP contribution in [0.25, 0.3) is 11.3 Å². The van der Waals surface area contributed by atoms with Crippen molar-refractivity contribution in [3.63, 3.8) is 0 Å². The first-order valence-electron chi connectivity index (χ1n) is 7.68. The fourth-order valence-electron chi connectivity index (χ4n) is 2.40. The second-order valence-corrected chi connectivity index (χ2v) is 5.44. The van der Waals surface area contributed by atoms with Crippen molar-refractivity contribution >= 4 is 5.91 Å². The highest BCUT2D eigenvalue weighted by Crippen LogP contribution is 2.29. The summed E-state index contributed by atoms with van der Waals surface area (Å²) in [5.41, 5.74) is 4.28. The molecule has 1 amide bonds. The van der Waals surface area contributed by atoms with Crippen molar-refractivity contribution in [1.29, 1.82) is 0 Å². The zero-order chi connectivity index (χ0) is 19.6. The van der Waals surface area contributed by atoms with Gasteiger partial charge in [0.25, 0.3) is 5.91 Å². The van der Waals surface area contributed by atoms with Gasteiger partial charge >= 0.3 is 0 Å². The maximum atomic E-state index is 14.3. The number of primary amides is 1. The number of benzene rings is 2. The number of ether oxygens (including phenoxy) is 1. The van der Waals surface area contributed by atoms with Gasteiger partial charge in [0, 0.05) is 5.56 Å². The van der Waals surface area contributed by atoms with Gasteiger partial charge in [-0.2, -0.15) is 0 Å². The van der Waals surface area contributed by atoms with Crippen LogP contribution in [0.3, 0.4) is 0 Å². The SMILES string of the molecule is NC(=O)c1c(F)ccc(OC(CO)c2nc(-c3ccccc3F)co2)c1F. The lowest BCUT2D eigenvalue weighted by atomic mass is 10.1. The van der Waals surface area contributed by atoms with Crippen molar-refractivity contribution in [2.75, 3.05) is 6.61 Å². The molecule has 2 aromatic carbocycles. The predicted octanol–water partition coefficient (Wildman–Crippen LogP) is 2.97. The minimum absolute atomic E-state index is 0.141. The Hall–Kier alpha value is -3.33. The van der Waals surface area contributed by atoms with Gasteiger partial charge in [0.05, 0.1) is 6.61 Å². The van der Waals surface area contributed by atoms with Gasteiger partial charge in [0.15, 0.2) is 17.7 Å². The topological polar surface area (TPSA) is 98.6 Å². The van der Waals surface area contributed by atoms with Crippen molar-refractivity contribution in [1.82, 2.24) is 4.98 Å². The molecule has 140 valence electrons. The first-order valence-corrected chi connectivity index (χ1v) is 7.68. The molecule has 0 spiro atoms. The molecule has 0 bridgehead atoms. The summed E-state index contributed by atoms with van der Waals surface area (Å²) in [5.74, 6) is -5.01. The van der Waals surface area contributed by atoms with E-state index in [2.05, 4.69) is 4.98 Å². The summed E-state index contributed by atoms with van der Waals surface area (Å²) in [6, 6.07) is 7.56. The lowest BCUT2D eigenvalue weighted by Gasteiger charge is -2.15. The number of carbonyl (C=O) groups is 1. The Morgan fingerprint density at radius 1 is 1.19 bits per heavy atom. The van der Waals surface area contributed by atoms with Crippen LogP contribution >= 0.6 is 0 Å². The van der Waals surface area contributed by atoms with E-state index in [0.29, 0.717) is 0 Å². The number of aliphatic hydroxyl groups is 1. The van der Waals surface area contributed by atoms with Crippen molar-refractivity contribution in [2.45, 2.75) is 6.10 Å². The molecule has 0 aliphatic heterocycles. The summed E-state index contributed by atoms with van der Waals surface area (Å²) in [5, 5.41) is 9.51. The number of aromatic nitrogens is 1. The second-order valence-electron chi connectivity index (χ2n) is 5.44. The molecule has 9 heteroatoms. The average molecular weight is 378 g/mol. The number of nitrogens with zero attached hydrogens (tertiary/aromatic N) is 1. The molecule has 0 aliphatic rings. The summed E-state index contributed by atoms with van der Waals surface area (Å²) in [4.78, 5) is 15.2. The van der Waals surface area contributed by atoms with Crippen LogP contribution in [0.5, 0.6) is 5.75 Å². The number of hydrogen-bond acceptors (Lipinski definition) is 5. The van der Waals surface area contributed by atoms with Crippen LogP contribution in [0.2, 0.25) is 0 Å². The molecule has 1 unspecified atom stereocenters. The third kappa shape index (κ3) is 3.63. The Labute approximate surface area is 151 Å². The molecule has 3 N–H and O–H groups in total. The van der Waals surface area contributed by atoms with E-state index in [0.717, 1.165) is 18.4 Å². The fraction of sp³-hybridized carbons (Fsp3) is 0.111. The number of aliphatic hydroxyl groups excluding tert-OH is 1. The highest BCUT2D eigenvalue weighted by Gasteiger charge is 2.25. The lowest BCUT2D eigenvalue weighted by molar-refractivity contribution is 0.0887. The van der Waals surface area contributed by atoms with E-state index in [1.165, 1.54) is 18.2 Å². The standard InChI is InChI=1S/C18H13F3N2O4/c19-10-4-2-1-3-9(10)12-8-26-18(23-12)14(7-24)27-13-6-5-11(20)15(16(13)21)17(22)25/h1-6,8,14,24H,7H2,(H2,22,25). The van der Waals surface area contributed by atoms with Gasteiger partial charge in [0.1, 0.15) is 29.2 Å². The Bertz CT molecular complexity index is 990. The zero-order valence-corrected chi connectivity index (χ0v) is 13.7. The van der Waals surface area contributed by atoms with Crippen LogP contribution in [0, 0.1) is 17.5 Å². The molecule has 0 saturated heterocycles. The van der Waals surface area contributed by atoms with Gasteiger partial charge in [-0.3, -0.25) is 4.79 Å². The highest BCUT2D eigenvalue weighted by molar-refractivity contribution is 5.93. The average Bonchev–Trinajstić information content (AvgIpc) is 3.11. The molecule has 1 heterocycles. The summed E-state index contributed by atoms with van der Waals surface area (Å²) >= 11 is 0. The van der Waals surface area contributed by atoms with Gasteiger partial charge in [-0.1, -0.05) is 12.1 Å². The van der Waals surface area contributed by atoms with E-state index in [4.69, 9.17) is 14.9 Å². The monoisotopic (exact) mass is 378 g/mol. The van der Waals surface area contributed by atoms with Gasteiger partial charge in [0.2, 0.25) is 5.89 Å². The van der Waals surface area contributed by atoms with Gasteiger partial charge < -0.3 is 20.0 Å². The number of nitrogens with two attached hydrogens (primary N) is 1. The fourth-order valence-corrected chi connectivity index (χ4v) is 2.40. The number of amides is 1. The predicted molar refractivity (Wildman–Crippen MR) is 87.2 cm³/mol. The Kier molecular flexibility index (Phi) is 5.13. The van der Waals surface area contributed by atoms with E-state index in [1.54, 1.807) is 6.07 Å². The van der Waals surface area contributed by atoms with Crippen molar-refractivity contribution in [2.24, 2.45) is 5.73 Å². The molecule has 3 aromatic rings. The molecular formula is C18H13F3N2O4. The first kappa shape index (κ1) is 18.5. The largest absolute Gasteiger partial charge is 0.475 e. The van der Waals surface area contributed by atoms with E-state index in [1.807, 2.05) is 0 Å². The molecule has 0 aliphatic carbocycles. The van der Waals surface area contributed by atoms with Gasteiger partial charge in [-0.15, -0.1) is 0 Å². The third-order valence-corrected chi connectivity index (χ3v) is 3.68. The Morgan fingerprint density at radius 2 is 1.93 bits per heavy atom. The molecule has 0 fully saturated rings. The normalized spacial score (nSPS) is 12.0. The lowest BCUT2D eigenvalue weighted by Crippen LogP contribution is -2.18. The van der Waals surface area contributed by atoms with Crippen LogP contribution < -0.4 is 10.5 Å². The van der Waals surface area contributed by atoms with Crippen molar-refractivity contribution in [3.05, 3.63) is 71.6 Å². The summed E-state index contributed by atoms with van der Waals surface area (Å²) < 4.78 is 52.1. The molecule has 3 rings (SSSR count). The molecule has 0 saturated carbocycles. The Morgan fingerprint density at radius 3 is 2.59 bits per heavy atom. The minimum Gasteiger partial charge on any atom is -0.475 e. The minimum atomic E-state index is -1.32. The van der Waals surface area contributed by atoms with Crippen molar-refractivity contribution in [3.8, 4) is 17.0 Å². The van der Waals surface area contributed by atoms with Crippen molar-refractivity contribution < 1.29 is 32.2 Å². The highest BCUT2D eigenvalue weighted by atomic mass is 19.1. The van der Waals surface area contributed by atoms with Gasteiger partial charge in [-0.05, 0) is 24.3 Å². The molecule has 0 radical (unpaired) electrons. The second kappa shape index (κ2) is 7.50. The Balaban J connectivity index is 1.91. The number of hydrogen-bond donors (Lipinski definition) is 2. The number of oxazole rings is 1. The first-order chi connectivity index (χ1) is 12.9. The molecule has 1 atom stereocenters. The van der Waals surface area contributed by atoms with E-state index in [9.17, 15) is 23.1 Å². The van der Waals surface area contributed by atoms with Crippen LogP contribution in [0.4, 0.5) is 13.2 Å². The third-order valence-electron chi connectivity index (χ3n) is 3.68. The van der Waals surface area contributed by atoms with Gasteiger partial charge in [-0.25, -0.2) is 18.2 Å². The van der Waals surface area contributed by atoms with Crippen LogP contribution in [-0.4, -0.2) is 22.6 Å². The van der Waals surface area contributed by atoms with Crippen LogP contribution in [0.15, 0.2) is 47.1 Å². The summed E-state index contributed by atoms with van der Waals surface area (Å²) in [7, 11) is 0. The number of rotatable bonds is 6. The molecular weight excluding hydrogens is 365 g/mol. The molecule has 1 aromatic heterocycles. The molecule has 6 nitrogen and oxygen atoms in total. The maximum absolute atomic E-state index is 14.3. The summed E-state index contributed by atoms with van der Waals surface area (Å²) in [6.45, 7) is -0.681. The van der Waals surface area contributed by atoms with E-state index in [-0.39, 0.29) is 17.1 Å². The van der Waals surface area contributed by atoms with Crippen LogP contribution in [0.1, 0.15) is 22.4 Å². The number of halogens is 3. The quantitative estimate of drug-likeness (QED) is 0.687. The summed E-state index contributed by atoms with van der Waals surface area (Å²) in [6.07, 6.45) is -0.137. The maximum Gasteiger partial charge on any atom is 0.254 e. The van der Waals surface area contributed by atoms with E-state index < -0.39 is 47.4 Å². The van der Waals surface area contributed by atoms with Crippen LogP contribution in [-0.2, 0) is 0 Å². The molecule has 27 heavy (non-hydrogen) atoms. The number of carbonyl (C=O) groups excluding carboxylic acids is 1. The van der Waals surface area contributed by atoms with E-state index >= 15 is 0 Å².